The summed E-state index contributed by atoms with van der Waals surface area (Å²) < 4.78 is 26.7. The van der Waals surface area contributed by atoms with E-state index in [0.29, 0.717) is 6.07 Å². The van der Waals surface area contributed by atoms with E-state index in [-0.39, 0.29) is 17.8 Å². The van der Waals surface area contributed by atoms with Gasteiger partial charge in [-0.25, -0.2) is 8.78 Å². The largest absolute Gasteiger partial charge is 0.377 e. The molecule has 2 rings (SSSR count). The first-order valence-corrected chi connectivity index (χ1v) is 5.09. The smallest absolute Gasteiger partial charge is 0.251 e. The summed E-state index contributed by atoms with van der Waals surface area (Å²) in [5, 5.41) is 9.12. The molecule has 0 unspecified atom stereocenters. The van der Waals surface area contributed by atoms with Crippen molar-refractivity contribution < 1.29 is 13.6 Å². The summed E-state index contributed by atoms with van der Waals surface area (Å²) in [5.41, 5.74) is 5.34. The molecule has 0 saturated heterocycles. The number of halogens is 2. The highest BCUT2D eigenvalue weighted by Crippen LogP contribution is 2.19. The number of hydrogen-bond donors (Lipinski definition) is 3. The van der Waals surface area contributed by atoms with E-state index in [1.807, 2.05) is 0 Å². The van der Waals surface area contributed by atoms with Crippen molar-refractivity contribution in [2.24, 2.45) is 5.73 Å². The van der Waals surface area contributed by atoms with Gasteiger partial charge < -0.3 is 11.1 Å². The van der Waals surface area contributed by atoms with E-state index in [1.165, 1.54) is 0 Å². The first-order valence-electron chi connectivity index (χ1n) is 5.09. The van der Waals surface area contributed by atoms with Crippen LogP contribution in [0, 0.1) is 11.6 Å². The monoisotopic (exact) mass is 252 g/mol. The van der Waals surface area contributed by atoms with Gasteiger partial charge in [0.1, 0.15) is 11.6 Å². The number of H-pyrrole nitrogens is 1. The number of hydrogen-bond acceptors (Lipinski definition) is 3. The van der Waals surface area contributed by atoms with Crippen molar-refractivity contribution in [1.82, 2.24) is 10.2 Å². The molecule has 0 saturated carbocycles. The molecular formula is C11H10F2N4O. The van der Waals surface area contributed by atoms with E-state index < -0.39 is 17.5 Å². The van der Waals surface area contributed by atoms with Gasteiger partial charge in [0.25, 0.3) is 5.91 Å². The summed E-state index contributed by atoms with van der Waals surface area (Å²) in [6.07, 6.45) is 1.55. The first kappa shape index (κ1) is 12.0. The van der Waals surface area contributed by atoms with Gasteiger partial charge in [0, 0.05) is 12.3 Å². The molecule has 0 aliphatic heterocycles. The zero-order valence-corrected chi connectivity index (χ0v) is 9.21. The minimum Gasteiger partial charge on any atom is -0.377 e. The maximum atomic E-state index is 13.4. The summed E-state index contributed by atoms with van der Waals surface area (Å²) in [5.74, 6) is -2.72. The molecule has 1 aromatic carbocycles. The van der Waals surface area contributed by atoms with Crippen molar-refractivity contribution in [3.05, 3.63) is 47.3 Å². The second-order valence-electron chi connectivity index (χ2n) is 3.61. The van der Waals surface area contributed by atoms with E-state index in [4.69, 9.17) is 5.73 Å². The number of anilines is 1. The van der Waals surface area contributed by atoms with Gasteiger partial charge in [-0.05, 0) is 12.1 Å². The molecule has 0 radical (unpaired) electrons. The molecule has 1 aromatic heterocycles. The predicted molar refractivity (Wildman–Crippen MR) is 60.8 cm³/mol. The fourth-order valence-corrected chi connectivity index (χ4v) is 1.45. The summed E-state index contributed by atoms with van der Waals surface area (Å²) in [6.45, 7) is 0.265. The number of carbonyl (C=O) groups excluding carboxylic acids is 1. The second kappa shape index (κ2) is 4.82. The number of nitrogens with one attached hydrogen (secondary N) is 2. The third-order valence-electron chi connectivity index (χ3n) is 2.35. The zero-order valence-electron chi connectivity index (χ0n) is 9.21. The maximum absolute atomic E-state index is 13.4. The first-order chi connectivity index (χ1) is 8.58. The lowest BCUT2D eigenvalue weighted by Crippen LogP contribution is -2.14. The number of amides is 1. The van der Waals surface area contributed by atoms with Crippen molar-refractivity contribution in [1.29, 1.82) is 0 Å². The highest BCUT2D eigenvalue weighted by molar-refractivity contribution is 5.94. The molecule has 0 aliphatic carbocycles. The van der Waals surface area contributed by atoms with Crippen LogP contribution in [0.25, 0.3) is 0 Å². The average molecular weight is 252 g/mol. The van der Waals surface area contributed by atoms with E-state index >= 15 is 0 Å². The van der Waals surface area contributed by atoms with Gasteiger partial charge in [0.05, 0.1) is 23.5 Å². The van der Waals surface area contributed by atoms with E-state index in [2.05, 4.69) is 15.5 Å². The van der Waals surface area contributed by atoms with Gasteiger partial charge >= 0.3 is 0 Å². The third kappa shape index (κ3) is 2.45. The van der Waals surface area contributed by atoms with Crippen LogP contribution in [0.5, 0.6) is 0 Å². The van der Waals surface area contributed by atoms with Crippen LogP contribution in [0.3, 0.4) is 0 Å². The summed E-state index contributed by atoms with van der Waals surface area (Å²) >= 11 is 0. The SMILES string of the molecule is NC(=O)c1cc(NCc2ccn[nH]2)c(F)cc1F. The molecule has 0 fully saturated rings. The summed E-state index contributed by atoms with van der Waals surface area (Å²) in [7, 11) is 0. The number of benzene rings is 1. The van der Waals surface area contributed by atoms with Crippen LogP contribution in [0.2, 0.25) is 0 Å². The number of aromatic nitrogens is 2. The number of nitrogens with zero attached hydrogens (tertiary/aromatic N) is 1. The highest BCUT2D eigenvalue weighted by Gasteiger charge is 2.13. The number of nitrogens with two attached hydrogens (primary N) is 1. The Morgan fingerprint density at radius 1 is 1.39 bits per heavy atom. The Morgan fingerprint density at radius 2 is 2.17 bits per heavy atom. The molecular weight excluding hydrogens is 242 g/mol. The van der Waals surface area contributed by atoms with Crippen LogP contribution in [0.1, 0.15) is 16.1 Å². The van der Waals surface area contributed by atoms with Crippen molar-refractivity contribution in [2.75, 3.05) is 5.32 Å². The molecule has 7 heteroatoms. The predicted octanol–water partition coefficient (Wildman–Crippen LogP) is 1.40. The lowest BCUT2D eigenvalue weighted by Gasteiger charge is -2.08. The molecule has 2 aromatic rings. The molecule has 0 aliphatic rings. The van der Waals surface area contributed by atoms with Crippen LogP contribution in [0.4, 0.5) is 14.5 Å². The van der Waals surface area contributed by atoms with Crippen molar-refractivity contribution in [3.8, 4) is 0 Å². The summed E-state index contributed by atoms with van der Waals surface area (Å²) in [6, 6.07) is 3.36. The van der Waals surface area contributed by atoms with Gasteiger partial charge in [0.15, 0.2) is 0 Å². The molecule has 18 heavy (non-hydrogen) atoms. The van der Waals surface area contributed by atoms with Gasteiger partial charge in [-0.2, -0.15) is 5.10 Å². The molecule has 0 spiro atoms. The van der Waals surface area contributed by atoms with Crippen molar-refractivity contribution >= 4 is 11.6 Å². The molecule has 0 atom stereocenters. The Kier molecular flexibility index (Phi) is 3.22. The Labute approximate surface area is 101 Å². The minimum atomic E-state index is -0.980. The zero-order chi connectivity index (χ0) is 13.1. The fourth-order valence-electron chi connectivity index (χ4n) is 1.45. The van der Waals surface area contributed by atoms with Gasteiger partial charge in [-0.1, -0.05) is 0 Å². The topological polar surface area (TPSA) is 83.8 Å². The molecule has 94 valence electrons. The van der Waals surface area contributed by atoms with Crippen LogP contribution in [-0.4, -0.2) is 16.1 Å². The van der Waals surface area contributed by atoms with E-state index in [9.17, 15) is 13.6 Å². The molecule has 0 bridgehead atoms. The lowest BCUT2D eigenvalue weighted by atomic mass is 10.1. The van der Waals surface area contributed by atoms with Gasteiger partial charge in [-0.3, -0.25) is 9.89 Å². The lowest BCUT2D eigenvalue weighted by molar-refractivity contribution is 0.0996. The Morgan fingerprint density at radius 3 is 2.78 bits per heavy atom. The van der Waals surface area contributed by atoms with Gasteiger partial charge in [-0.15, -0.1) is 0 Å². The number of rotatable bonds is 4. The van der Waals surface area contributed by atoms with Crippen LogP contribution >= 0.6 is 0 Å². The maximum Gasteiger partial charge on any atom is 0.251 e. The highest BCUT2D eigenvalue weighted by atomic mass is 19.1. The quantitative estimate of drug-likeness (QED) is 0.769. The Bertz CT molecular complexity index is 569. The average Bonchev–Trinajstić information content (AvgIpc) is 2.80. The molecule has 4 N–H and O–H groups in total. The van der Waals surface area contributed by atoms with Crippen LogP contribution in [0.15, 0.2) is 24.4 Å². The number of primary amides is 1. The Hall–Kier alpha value is -2.44. The minimum absolute atomic E-state index is 0.000185. The standard InChI is InChI=1S/C11H10F2N4O/c12-8-4-9(13)10(3-7(8)11(14)18)15-5-6-1-2-16-17-6/h1-4,15H,5H2,(H2,14,18)(H,16,17). The van der Waals surface area contributed by atoms with E-state index in [0.717, 1.165) is 11.8 Å². The Balaban J connectivity index is 2.22. The third-order valence-corrected chi connectivity index (χ3v) is 2.35. The van der Waals surface area contributed by atoms with Crippen LogP contribution in [-0.2, 0) is 6.54 Å². The van der Waals surface area contributed by atoms with Gasteiger partial charge in [0.2, 0.25) is 0 Å². The van der Waals surface area contributed by atoms with Crippen molar-refractivity contribution in [2.45, 2.75) is 6.54 Å². The molecule has 1 heterocycles. The fraction of sp³-hybridized carbons (Fsp3) is 0.0909. The van der Waals surface area contributed by atoms with Crippen LogP contribution < -0.4 is 11.1 Å². The second-order valence-corrected chi connectivity index (χ2v) is 3.61. The number of aromatic amines is 1. The van der Waals surface area contributed by atoms with Crippen molar-refractivity contribution in [3.63, 3.8) is 0 Å². The number of carbonyl (C=O) groups is 1. The molecule has 5 nitrogen and oxygen atoms in total. The molecule has 1 amide bonds. The normalized spacial score (nSPS) is 10.3. The van der Waals surface area contributed by atoms with E-state index in [1.54, 1.807) is 12.3 Å². The summed E-state index contributed by atoms with van der Waals surface area (Å²) in [4.78, 5) is 10.9.